The molecule has 0 aliphatic carbocycles. The first-order valence-corrected chi connectivity index (χ1v) is 12.6. The molecule has 0 aromatic heterocycles. The van der Waals surface area contributed by atoms with Crippen LogP contribution >= 0.6 is 0 Å². The van der Waals surface area contributed by atoms with E-state index in [2.05, 4.69) is 26.6 Å². The van der Waals surface area contributed by atoms with Crippen LogP contribution in [0.5, 0.6) is 0 Å². The van der Waals surface area contributed by atoms with Gasteiger partial charge in [0.25, 0.3) is 0 Å². The minimum Gasteiger partial charge on any atom is -0.467 e. The number of hydrogen-bond acceptors (Lipinski definition) is 6. The molecule has 0 fully saturated rings. The lowest BCUT2D eigenvalue weighted by molar-refractivity contribution is -0.144. The molecule has 3 unspecified atom stereocenters. The van der Waals surface area contributed by atoms with Crippen molar-refractivity contribution in [1.82, 2.24) is 26.6 Å². The Morgan fingerprint density at radius 3 is 2.14 bits per heavy atom. The predicted octanol–water partition coefficient (Wildman–Crippen LogP) is 0.990. The van der Waals surface area contributed by atoms with Crippen molar-refractivity contribution in [3.8, 4) is 0 Å². The summed E-state index contributed by atoms with van der Waals surface area (Å²) in [6.45, 7) is 11.4. The third-order valence-corrected chi connectivity index (χ3v) is 5.98. The molecule has 1 aliphatic heterocycles. The number of hydrogen-bond donors (Lipinski definition) is 5. The molecule has 0 bridgehead atoms. The number of esters is 1. The minimum absolute atomic E-state index is 0.0229. The highest BCUT2D eigenvalue weighted by Gasteiger charge is 2.31. The summed E-state index contributed by atoms with van der Waals surface area (Å²) >= 11 is 0. The van der Waals surface area contributed by atoms with Crippen LogP contribution in [-0.4, -0.2) is 67.5 Å². The van der Waals surface area contributed by atoms with Gasteiger partial charge in [-0.2, -0.15) is 0 Å². The van der Waals surface area contributed by atoms with Gasteiger partial charge in [0, 0.05) is 18.7 Å². The molecule has 0 saturated carbocycles. The average molecular weight is 510 g/mol. The van der Waals surface area contributed by atoms with Crippen LogP contribution in [0.1, 0.15) is 60.8 Å². The molecule has 5 amide bonds. The van der Waals surface area contributed by atoms with Crippen molar-refractivity contribution in [1.29, 1.82) is 0 Å². The smallest absolute Gasteiger partial charge is 0.328 e. The normalized spacial score (nSPS) is 21.8. The van der Waals surface area contributed by atoms with Crippen molar-refractivity contribution in [3.63, 3.8) is 0 Å². The SMILES string of the molecule is COC(=O)C(NC(=O)NC(C(=O)N[C@H]1CCCCNC(=O)/C=C/C(C(C)C)NC1=O)C(C)C)C(C)C. The summed E-state index contributed by atoms with van der Waals surface area (Å²) in [6, 6.07) is -3.70. The Balaban J connectivity index is 2.98. The molecule has 1 aliphatic rings. The zero-order valence-electron chi connectivity index (χ0n) is 22.5. The van der Waals surface area contributed by atoms with E-state index in [-0.39, 0.29) is 29.6 Å². The molecule has 0 aromatic carbocycles. The first-order chi connectivity index (χ1) is 16.9. The maximum absolute atomic E-state index is 13.2. The van der Waals surface area contributed by atoms with E-state index in [1.165, 1.54) is 13.2 Å². The highest BCUT2D eigenvalue weighted by molar-refractivity contribution is 5.93. The van der Waals surface area contributed by atoms with E-state index in [4.69, 9.17) is 4.74 Å². The van der Waals surface area contributed by atoms with Gasteiger partial charge in [-0.1, -0.05) is 47.6 Å². The van der Waals surface area contributed by atoms with Gasteiger partial charge in [0.05, 0.1) is 7.11 Å². The second-order valence-corrected chi connectivity index (χ2v) is 10.1. The molecule has 0 aromatic rings. The number of rotatable bonds is 8. The summed E-state index contributed by atoms with van der Waals surface area (Å²) in [5.41, 5.74) is 0. The maximum atomic E-state index is 13.2. The van der Waals surface area contributed by atoms with E-state index in [0.29, 0.717) is 25.8 Å². The fourth-order valence-corrected chi connectivity index (χ4v) is 3.65. The molecular formula is C25H43N5O6. The van der Waals surface area contributed by atoms with E-state index in [1.807, 2.05) is 13.8 Å². The Hall–Kier alpha value is -3.11. The van der Waals surface area contributed by atoms with Crippen molar-refractivity contribution in [2.24, 2.45) is 17.8 Å². The van der Waals surface area contributed by atoms with Crippen molar-refractivity contribution in [2.75, 3.05) is 13.7 Å². The fourth-order valence-electron chi connectivity index (χ4n) is 3.65. The average Bonchev–Trinajstić information content (AvgIpc) is 2.80. The molecule has 1 heterocycles. The van der Waals surface area contributed by atoms with Crippen LogP contribution in [0.2, 0.25) is 0 Å². The van der Waals surface area contributed by atoms with E-state index in [0.717, 1.165) is 0 Å². The standard InChI is InChI=1S/C25H43N5O6/c1-14(2)17-11-12-19(31)26-13-9-8-10-18(22(32)27-17)28-23(33)20(15(3)4)29-25(35)30-21(16(5)6)24(34)36-7/h11-12,14-18,20-21H,8-10,13H2,1-7H3,(H,26,31)(H,27,32)(H,28,33)(H2,29,30,35)/b12-11+/t17?,18-,20?,21?/m0/s1. The summed E-state index contributed by atoms with van der Waals surface area (Å²) in [4.78, 5) is 62.8. The van der Waals surface area contributed by atoms with E-state index in [9.17, 15) is 24.0 Å². The third-order valence-electron chi connectivity index (χ3n) is 5.98. The highest BCUT2D eigenvalue weighted by atomic mass is 16.5. The van der Waals surface area contributed by atoms with Gasteiger partial charge in [-0.05, 0) is 37.0 Å². The molecule has 11 nitrogen and oxygen atoms in total. The molecule has 0 radical (unpaired) electrons. The monoisotopic (exact) mass is 509 g/mol. The molecule has 0 spiro atoms. The van der Waals surface area contributed by atoms with Crippen molar-refractivity contribution in [2.45, 2.75) is 85.0 Å². The quantitative estimate of drug-likeness (QED) is 0.307. The number of urea groups is 1. The van der Waals surface area contributed by atoms with Gasteiger partial charge in [0.2, 0.25) is 17.7 Å². The molecule has 204 valence electrons. The Bertz CT molecular complexity index is 811. The number of nitrogens with one attached hydrogen (secondary N) is 5. The number of ether oxygens (including phenoxy) is 1. The van der Waals surface area contributed by atoms with E-state index >= 15 is 0 Å². The van der Waals surface area contributed by atoms with Crippen molar-refractivity contribution >= 4 is 29.7 Å². The summed E-state index contributed by atoms with van der Waals surface area (Å²) in [7, 11) is 1.24. The van der Waals surface area contributed by atoms with Gasteiger partial charge >= 0.3 is 12.0 Å². The molecule has 11 heteroatoms. The minimum atomic E-state index is -0.940. The van der Waals surface area contributed by atoms with Crippen LogP contribution in [0.25, 0.3) is 0 Å². The van der Waals surface area contributed by atoms with Gasteiger partial charge in [0.1, 0.15) is 18.1 Å². The number of carbonyl (C=O) groups excluding carboxylic acids is 5. The lowest BCUT2D eigenvalue weighted by atomic mass is 10.00. The Morgan fingerprint density at radius 2 is 1.58 bits per heavy atom. The second kappa shape index (κ2) is 15.1. The lowest BCUT2D eigenvalue weighted by Gasteiger charge is -2.28. The Labute approximate surface area is 213 Å². The molecule has 4 atom stereocenters. The van der Waals surface area contributed by atoms with E-state index in [1.54, 1.807) is 33.8 Å². The van der Waals surface area contributed by atoms with Crippen LogP contribution in [0, 0.1) is 17.8 Å². The topological polar surface area (TPSA) is 155 Å². The zero-order valence-corrected chi connectivity index (χ0v) is 22.5. The largest absolute Gasteiger partial charge is 0.467 e. The zero-order chi connectivity index (χ0) is 27.4. The van der Waals surface area contributed by atoms with Crippen LogP contribution in [0.4, 0.5) is 4.79 Å². The van der Waals surface area contributed by atoms with Gasteiger partial charge in [0.15, 0.2) is 0 Å². The highest BCUT2D eigenvalue weighted by Crippen LogP contribution is 2.10. The number of amides is 5. The van der Waals surface area contributed by atoms with Gasteiger partial charge in [-0.25, -0.2) is 9.59 Å². The molecule has 1 rings (SSSR count). The predicted molar refractivity (Wildman–Crippen MR) is 136 cm³/mol. The van der Waals surface area contributed by atoms with Crippen LogP contribution in [-0.2, 0) is 23.9 Å². The molecule has 36 heavy (non-hydrogen) atoms. The van der Waals surface area contributed by atoms with Crippen LogP contribution in [0.3, 0.4) is 0 Å². The van der Waals surface area contributed by atoms with E-state index < -0.39 is 42.1 Å². The molecular weight excluding hydrogens is 466 g/mol. The van der Waals surface area contributed by atoms with Crippen molar-refractivity contribution < 1.29 is 28.7 Å². The maximum Gasteiger partial charge on any atom is 0.328 e. The van der Waals surface area contributed by atoms with Gasteiger partial charge in [-0.3, -0.25) is 14.4 Å². The molecule has 0 saturated heterocycles. The van der Waals surface area contributed by atoms with Gasteiger partial charge in [-0.15, -0.1) is 0 Å². The van der Waals surface area contributed by atoms with Crippen LogP contribution < -0.4 is 26.6 Å². The number of carbonyl (C=O) groups is 5. The lowest BCUT2D eigenvalue weighted by Crippen LogP contribution is -2.59. The number of methoxy groups -OCH3 is 1. The summed E-state index contributed by atoms with van der Waals surface area (Å²) < 4.78 is 4.74. The Morgan fingerprint density at radius 1 is 0.972 bits per heavy atom. The summed E-state index contributed by atoms with van der Waals surface area (Å²) in [6.07, 6.45) is 4.68. The van der Waals surface area contributed by atoms with Crippen LogP contribution in [0.15, 0.2) is 12.2 Å². The summed E-state index contributed by atoms with van der Waals surface area (Å²) in [5, 5.41) is 13.7. The fraction of sp³-hybridized carbons (Fsp3) is 0.720. The summed E-state index contributed by atoms with van der Waals surface area (Å²) in [5.74, 6) is -2.14. The second-order valence-electron chi connectivity index (χ2n) is 10.1. The molecule has 5 N–H and O–H groups in total. The van der Waals surface area contributed by atoms with Crippen molar-refractivity contribution in [3.05, 3.63) is 12.2 Å². The van der Waals surface area contributed by atoms with Gasteiger partial charge < -0.3 is 31.3 Å². The Kier molecular flexibility index (Phi) is 13.0. The first kappa shape index (κ1) is 30.9. The first-order valence-electron chi connectivity index (χ1n) is 12.6. The third kappa shape index (κ3) is 10.2.